The highest BCUT2D eigenvalue weighted by Crippen LogP contribution is 2.33. The molecule has 3 heterocycles. The molecule has 1 atom stereocenters. The van der Waals surface area contributed by atoms with Crippen LogP contribution in [0.4, 0.5) is 13.2 Å². The summed E-state index contributed by atoms with van der Waals surface area (Å²) in [4.78, 5) is 3.82. The summed E-state index contributed by atoms with van der Waals surface area (Å²) in [5.41, 5.74) is 1.18. The molecule has 0 saturated carbocycles. The largest absolute Gasteiger partial charge is 0.449 e. The molecule has 1 N–H and O–H groups in total. The summed E-state index contributed by atoms with van der Waals surface area (Å²) >= 11 is 0. The van der Waals surface area contributed by atoms with Crippen molar-refractivity contribution in [2.45, 2.75) is 38.7 Å². The number of rotatable bonds is 3. The first kappa shape index (κ1) is 14.1. The number of halogens is 3. The van der Waals surface area contributed by atoms with Crippen molar-refractivity contribution < 1.29 is 13.2 Å². The molecule has 0 radical (unpaired) electrons. The molecule has 0 spiro atoms. The van der Waals surface area contributed by atoms with Crippen molar-refractivity contribution in [1.29, 1.82) is 0 Å². The number of hydrogen-bond donors (Lipinski definition) is 1. The number of hydrogen-bond acceptors (Lipinski definition) is 3. The Balaban J connectivity index is 2.00. The molecular weight excluding hydrogens is 283 g/mol. The van der Waals surface area contributed by atoms with Gasteiger partial charge in [0.2, 0.25) is 5.82 Å². The number of nitrogens with zero attached hydrogens (tertiary/aromatic N) is 4. The standard InChI is InChI=1S/C13H16F3N5/c1-9(8-20-6-2-4-18-20)21-11-3-5-17-7-10(11)19-12(21)13(14,15)16/h2,4,6,9,17H,3,5,7-8H2,1H3. The Morgan fingerprint density at radius 3 is 2.90 bits per heavy atom. The number of fused-ring (bicyclic) bond motifs is 1. The monoisotopic (exact) mass is 299 g/mol. The second kappa shape index (κ2) is 5.18. The van der Waals surface area contributed by atoms with Gasteiger partial charge < -0.3 is 9.88 Å². The highest BCUT2D eigenvalue weighted by Gasteiger charge is 2.40. The molecule has 114 valence electrons. The summed E-state index contributed by atoms with van der Waals surface area (Å²) in [6.07, 6.45) is -0.531. The third-order valence-corrected chi connectivity index (χ3v) is 3.63. The Bertz CT molecular complexity index is 615. The van der Waals surface area contributed by atoms with Crippen LogP contribution in [0.2, 0.25) is 0 Å². The first-order valence-corrected chi connectivity index (χ1v) is 6.82. The Morgan fingerprint density at radius 2 is 2.24 bits per heavy atom. The van der Waals surface area contributed by atoms with Crippen LogP contribution in [0.15, 0.2) is 18.5 Å². The molecule has 8 heteroatoms. The van der Waals surface area contributed by atoms with E-state index in [1.54, 1.807) is 30.1 Å². The highest BCUT2D eigenvalue weighted by atomic mass is 19.4. The van der Waals surface area contributed by atoms with Crippen molar-refractivity contribution in [3.05, 3.63) is 35.7 Å². The highest BCUT2D eigenvalue weighted by molar-refractivity contribution is 5.22. The van der Waals surface area contributed by atoms with Gasteiger partial charge in [0.25, 0.3) is 0 Å². The van der Waals surface area contributed by atoms with Crippen LogP contribution >= 0.6 is 0 Å². The fourth-order valence-corrected chi connectivity index (χ4v) is 2.77. The van der Waals surface area contributed by atoms with Gasteiger partial charge in [-0.2, -0.15) is 18.3 Å². The van der Waals surface area contributed by atoms with Crippen molar-refractivity contribution in [2.75, 3.05) is 6.54 Å². The molecule has 0 amide bonds. The van der Waals surface area contributed by atoms with Crippen LogP contribution in [-0.2, 0) is 25.7 Å². The fourth-order valence-electron chi connectivity index (χ4n) is 2.77. The molecule has 0 saturated heterocycles. The predicted octanol–water partition coefficient (Wildman–Crippen LogP) is 2.01. The van der Waals surface area contributed by atoms with Gasteiger partial charge in [-0.1, -0.05) is 0 Å². The van der Waals surface area contributed by atoms with Gasteiger partial charge in [0.15, 0.2) is 0 Å². The van der Waals surface area contributed by atoms with Crippen molar-refractivity contribution in [2.24, 2.45) is 0 Å². The van der Waals surface area contributed by atoms with Crippen LogP contribution in [0.3, 0.4) is 0 Å². The summed E-state index contributed by atoms with van der Waals surface area (Å²) in [7, 11) is 0. The van der Waals surface area contributed by atoms with E-state index in [0.717, 1.165) is 0 Å². The molecule has 3 rings (SSSR count). The normalized spacial score (nSPS) is 16.8. The summed E-state index contributed by atoms with van der Waals surface area (Å²) < 4.78 is 42.7. The van der Waals surface area contributed by atoms with Crippen molar-refractivity contribution >= 4 is 0 Å². The second-order valence-corrected chi connectivity index (χ2v) is 5.20. The first-order chi connectivity index (χ1) is 9.97. The zero-order valence-electron chi connectivity index (χ0n) is 11.6. The molecule has 0 aliphatic carbocycles. The molecule has 1 aliphatic rings. The van der Waals surface area contributed by atoms with E-state index in [1.165, 1.54) is 4.57 Å². The Kier molecular flexibility index (Phi) is 3.48. The number of nitrogens with one attached hydrogen (secondary N) is 1. The molecule has 2 aromatic rings. The van der Waals surface area contributed by atoms with Gasteiger partial charge in [-0.15, -0.1) is 0 Å². The zero-order chi connectivity index (χ0) is 15.0. The first-order valence-electron chi connectivity index (χ1n) is 6.82. The molecular formula is C13H16F3N5. The molecule has 21 heavy (non-hydrogen) atoms. The van der Waals surface area contributed by atoms with E-state index in [-0.39, 0.29) is 6.04 Å². The number of imidazole rings is 1. The van der Waals surface area contributed by atoms with Crippen LogP contribution in [0.1, 0.15) is 30.2 Å². The Hall–Kier alpha value is -1.83. The summed E-state index contributed by atoms with van der Waals surface area (Å²) in [6.45, 7) is 3.21. The lowest BCUT2D eigenvalue weighted by Gasteiger charge is -2.22. The van der Waals surface area contributed by atoms with Crippen molar-refractivity contribution in [3.63, 3.8) is 0 Å². The minimum atomic E-state index is -4.45. The van der Waals surface area contributed by atoms with E-state index in [0.29, 0.717) is 37.4 Å². The van der Waals surface area contributed by atoms with E-state index in [9.17, 15) is 13.2 Å². The maximum Gasteiger partial charge on any atom is 0.449 e. The minimum Gasteiger partial charge on any atom is -0.319 e. The molecule has 0 bridgehead atoms. The van der Waals surface area contributed by atoms with Gasteiger partial charge in [-0.3, -0.25) is 4.68 Å². The quantitative estimate of drug-likeness (QED) is 0.943. The summed E-state index contributed by atoms with van der Waals surface area (Å²) in [5, 5.41) is 7.12. The minimum absolute atomic E-state index is 0.365. The van der Waals surface area contributed by atoms with Gasteiger partial charge in [0.05, 0.1) is 18.3 Å². The lowest BCUT2D eigenvalue weighted by molar-refractivity contribution is -0.148. The van der Waals surface area contributed by atoms with E-state index >= 15 is 0 Å². The topological polar surface area (TPSA) is 47.7 Å². The van der Waals surface area contributed by atoms with E-state index in [2.05, 4.69) is 15.4 Å². The van der Waals surface area contributed by atoms with E-state index < -0.39 is 12.0 Å². The fraction of sp³-hybridized carbons (Fsp3) is 0.538. The van der Waals surface area contributed by atoms with Crippen LogP contribution in [0.5, 0.6) is 0 Å². The molecule has 5 nitrogen and oxygen atoms in total. The Morgan fingerprint density at radius 1 is 1.43 bits per heavy atom. The maximum absolute atomic E-state index is 13.2. The second-order valence-electron chi connectivity index (χ2n) is 5.20. The van der Waals surface area contributed by atoms with Gasteiger partial charge in [0, 0.05) is 37.6 Å². The van der Waals surface area contributed by atoms with Gasteiger partial charge in [-0.05, 0) is 13.0 Å². The molecule has 1 aliphatic heterocycles. The third kappa shape index (κ3) is 2.67. The smallest absolute Gasteiger partial charge is 0.319 e. The average Bonchev–Trinajstić information content (AvgIpc) is 3.03. The lowest BCUT2D eigenvalue weighted by Crippen LogP contribution is -2.27. The van der Waals surface area contributed by atoms with Gasteiger partial charge >= 0.3 is 6.18 Å². The third-order valence-electron chi connectivity index (χ3n) is 3.63. The zero-order valence-corrected chi connectivity index (χ0v) is 11.6. The van der Waals surface area contributed by atoms with Crippen molar-refractivity contribution in [1.82, 2.24) is 24.6 Å². The van der Waals surface area contributed by atoms with E-state index in [4.69, 9.17) is 0 Å². The van der Waals surface area contributed by atoms with Gasteiger partial charge in [0.1, 0.15) is 0 Å². The van der Waals surface area contributed by atoms with Crippen LogP contribution in [0, 0.1) is 0 Å². The Labute approximate surface area is 119 Å². The van der Waals surface area contributed by atoms with E-state index in [1.807, 2.05) is 0 Å². The van der Waals surface area contributed by atoms with Crippen LogP contribution in [-0.4, -0.2) is 25.9 Å². The molecule has 2 aromatic heterocycles. The lowest BCUT2D eigenvalue weighted by atomic mass is 10.1. The number of aromatic nitrogens is 4. The maximum atomic E-state index is 13.2. The molecule has 0 fully saturated rings. The van der Waals surface area contributed by atoms with Crippen molar-refractivity contribution in [3.8, 4) is 0 Å². The number of alkyl halides is 3. The average molecular weight is 299 g/mol. The van der Waals surface area contributed by atoms with Gasteiger partial charge in [-0.25, -0.2) is 4.98 Å². The summed E-state index contributed by atoms with van der Waals surface area (Å²) in [6, 6.07) is 1.39. The van der Waals surface area contributed by atoms with Crippen LogP contribution in [0.25, 0.3) is 0 Å². The molecule has 1 unspecified atom stereocenters. The SMILES string of the molecule is CC(Cn1cccn1)n1c(C(F)(F)F)nc2c1CCNC2. The molecule has 0 aromatic carbocycles. The summed E-state index contributed by atoms with van der Waals surface area (Å²) in [5.74, 6) is -0.809. The van der Waals surface area contributed by atoms with Crippen LogP contribution < -0.4 is 5.32 Å². The predicted molar refractivity (Wildman–Crippen MR) is 69.6 cm³/mol.